The van der Waals surface area contributed by atoms with Crippen LogP contribution in [0.3, 0.4) is 0 Å². The van der Waals surface area contributed by atoms with Crippen LogP contribution in [0.15, 0.2) is 23.6 Å². The van der Waals surface area contributed by atoms with Crippen LogP contribution in [-0.4, -0.2) is 32.2 Å². The molecule has 0 unspecified atom stereocenters. The summed E-state index contributed by atoms with van der Waals surface area (Å²) in [6, 6.07) is 6.51. The Morgan fingerprint density at radius 2 is 2.08 bits per heavy atom. The zero-order valence-corrected chi connectivity index (χ0v) is 15.3. The zero-order chi connectivity index (χ0) is 16.7. The van der Waals surface area contributed by atoms with E-state index in [9.17, 15) is 8.42 Å². The van der Waals surface area contributed by atoms with Crippen molar-refractivity contribution in [1.82, 2.24) is 4.98 Å². The molecule has 1 aliphatic carbocycles. The SMILES string of the molecule is CS(=O)(=O)N1CCc2cc(-c3csc(NC4CCCC4)n3)ccc21. The van der Waals surface area contributed by atoms with Gasteiger partial charge in [-0.05, 0) is 37.0 Å². The van der Waals surface area contributed by atoms with Gasteiger partial charge in [-0.25, -0.2) is 13.4 Å². The molecule has 0 amide bonds. The maximum Gasteiger partial charge on any atom is 0.232 e. The van der Waals surface area contributed by atoms with Crippen LogP contribution >= 0.6 is 11.3 Å². The molecule has 1 aliphatic heterocycles. The van der Waals surface area contributed by atoms with Crippen molar-refractivity contribution in [3.63, 3.8) is 0 Å². The van der Waals surface area contributed by atoms with Gasteiger partial charge >= 0.3 is 0 Å². The second-order valence-corrected chi connectivity index (χ2v) is 9.36. The van der Waals surface area contributed by atoms with Gasteiger partial charge < -0.3 is 5.32 Å². The largest absolute Gasteiger partial charge is 0.359 e. The summed E-state index contributed by atoms with van der Waals surface area (Å²) in [6.45, 7) is 0.531. The normalized spacial score (nSPS) is 18.1. The highest BCUT2D eigenvalue weighted by molar-refractivity contribution is 7.92. The first-order valence-electron chi connectivity index (χ1n) is 8.34. The lowest BCUT2D eigenvalue weighted by molar-refractivity contribution is 0.598. The molecular weight excluding hydrogens is 342 g/mol. The van der Waals surface area contributed by atoms with Gasteiger partial charge in [0.15, 0.2) is 5.13 Å². The van der Waals surface area contributed by atoms with Crippen LogP contribution in [0.2, 0.25) is 0 Å². The van der Waals surface area contributed by atoms with Crippen LogP contribution < -0.4 is 9.62 Å². The second kappa shape index (κ2) is 6.04. The third-order valence-electron chi connectivity index (χ3n) is 4.82. The first kappa shape index (κ1) is 15.9. The van der Waals surface area contributed by atoms with Crippen LogP contribution in [-0.2, 0) is 16.4 Å². The van der Waals surface area contributed by atoms with Gasteiger partial charge in [0.25, 0.3) is 0 Å². The molecule has 2 aromatic rings. The Kier molecular flexibility index (Phi) is 4.00. The van der Waals surface area contributed by atoms with Crippen molar-refractivity contribution in [2.24, 2.45) is 0 Å². The van der Waals surface area contributed by atoms with Crippen LogP contribution in [0, 0.1) is 0 Å². The lowest BCUT2D eigenvalue weighted by Gasteiger charge is -2.16. The van der Waals surface area contributed by atoms with E-state index in [-0.39, 0.29) is 0 Å². The highest BCUT2D eigenvalue weighted by atomic mass is 32.2. The number of fused-ring (bicyclic) bond motifs is 1. The number of thiazole rings is 1. The molecule has 5 nitrogen and oxygen atoms in total. The molecule has 1 aromatic carbocycles. The number of hydrogen-bond donors (Lipinski definition) is 1. The molecule has 2 heterocycles. The summed E-state index contributed by atoms with van der Waals surface area (Å²) in [7, 11) is -3.19. The predicted octanol–water partition coefficient (Wildman–Crippen LogP) is 3.49. The Morgan fingerprint density at radius 3 is 2.83 bits per heavy atom. The quantitative estimate of drug-likeness (QED) is 0.903. The molecule has 0 bridgehead atoms. The topological polar surface area (TPSA) is 62.3 Å². The molecule has 0 radical (unpaired) electrons. The minimum Gasteiger partial charge on any atom is -0.359 e. The van der Waals surface area contributed by atoms with Crippen LogP contribution in [0.1, 0.15) is 31.2 Å². The van der Waals surface area contributed by atoms with E-state index < -0.39 is 10.0 Å². The van der Waals surface area contributed by atoms with Gasteiger partial charge in [-0.3, -0.25) is 4.31 Å². The van der Waals surface area contributed by atoms with Crippen LogP contribution in [0.4, 0.5) is 10.8 Å². The highest BCUT2D eigenvalue weighted by Crippen LogP contribution is 2.35. The van der Waals surface area contributed by atoms with Gasteiger partial charge in [-0.1, -0.05) is 18.9 Å². The maximum atomic E-state index is 11.8. The molecule has 1 saturated carbocycles. The zero-order valence-electron chi connectivity index (χ0n) is 13.7. The van der Waals surface area contributed by atoms with Crippen molar-refractivity contribution in [3.05, 3.63) is 29.1 Å². The van der Waals surface area contributed by atoms with E-state index in [2.05, 4.69) is 16.8 Å². The van der Waals surface area contributed by atoms with E-state index in [1.54, 1.807) is 11.3 Å². The number of anilines is 2. The van der Waals surface area contributed by atoms with E-state index >= 15 is 0 Å². The summed E-state index contributed by atoms with van der Waals surface area (Å²) in [5, 5.41) is 6.58. The van der Waals surface area contributed by atoms with Crippen molar-refractivity contribution in [1.29, 1.82) is 0 Å². The van der Waals surface area contributed by atoms with Crippen molar-refractivity contribution in [3.8, 4) is 11.3 Å². The third-order valence-corrected chi connectivity index (χ3v) is 6.77. The molecule has 0 spiro atoms. The van der Waals surface area contributed by atoms with Crippen molar-refractivity contribution in [2.75, 3.05) is 22.4 Å². The Bertz CT molecular complexity index is 854. The summed E-state index contributed by atoms with van der Waals surface area (Å²) in [4.78, 5) is 4.71. The van der Waals surface area contributed by atoms with Gasteiger partial charge in [-0.2, -0.15) is 0 Å². The fraction of sp³-hybridized carbons (Fsp3) is 0.471. The minimum atomic E-state index is -3.19. The summed E-state index contributed by atoms with van der Waals surface area (Å²) >= 11 is 1.64. The Labute approximate surface area is 146 Å². The highest BCUT2D eigenvalue weighted by Gasteiger charge is 2.26. The van der Waals surface area contributed by atoms with E-state index in [4.69, 9.17) is 4.98 Å². The van der Waals surface area contributed by atoms with Gasteiger partial charge in [0.05, 0.1) is 17.6 Å². The standard InChI is InChI=1S/C17H21N3O2S2/c1-24(21,22)20-9-8-13-10-12(6-7-16(13)20)15-11-23-17(19-15)18-14-4-2-3-5-14/h6-7,10-11,14H,2-5,8-9H2,1H3,(H,18,19). The second-order valence-electron chi connectivity index (χ2n) is 6.59. The number of hydrogen-bond acceptors (Lipinski definition) is 5. The lowest BCUT2D eigenvalue weighted by atomic mass is 10.1. The summed E-state index contributed by atoms with van der Waals surface area (Å²) < 4.78 is 25.1. The van der Waals surface area contributed by atoms with Gasteiger partial charge in [0.2, 0.25) is 10.0 Å². The molecule has 4 rings (SSSR count). The van der Waals surface area contributed by atoms with Crippen molar-refractivity contribution in [2.45, 2.75) is 38.1 Å². The van der Waals surface area contributed by atoms with Gasteiger partial charge in [-0.15, -0.1) is 11.3 Å². The summed E-state index contributed by atoms with van der Waals surface area (Å²) in [5.41, 5.74) is 3.90. The molecule has 1 N–H and O–H groups in total. The minimum absolute atomic E-state index is 0.531. The summed E-state index contributed by atoms with van der Waals surface area (Å²) in [5.74, 6) is 0. The van der Waals surface area contributed by atoms with Crippen LogP contribution in [0.25, 0.3) is 11.3 Å². The van der Waals surface area contributed by atoms with Gasteiger partial charge in [0, 0.05) is 23.5 Å². The average molecular weight is 364 g/mol. The third kappa shape index (κ3) is 3.02. The van der Waals surface area contributed by atoms with Crippen LogP contribution in [0.5, 0.6) is 0 Å². The first-order chi connectivity index (χ1) is 11.5. The first-order valence-corrected chi connectivity index (χ1v) is 11.1. The van der Waals surface area contributed by atoms with E-state index in [1.807, 2.05) is 12.1 Å². The number of sulfonamides is 1. The molecular formula is C17H21N3O2S2. The molecule has 0 atom stereocenters. The van der Waals surface area contributed by atoms with E-state index in [1.165, 1.54) is 36.2 Å². The molecule has 24 heavy (non-hydrogen) atoms. The van der Waals surface area contributed by atoms with E-state index in [0.717, 1.165) is 34.1 Å². The summed E-state index contributed by atoms with van der Waals surface area (Å²) in [6.07, 6.45) is 7.09. The molecule has 1 fully saturated rings. The molecule has 7 heteroatoms. The molecule has 1 aromatic heterocycles. The Morgan fingerprint density at radius 1 is 1.29 bits per heavy atom. The smallest absolute Gasteiger partial charge is 0.232 e. The average Bonchev–Trinajstić information content (AvgIpc) is 3.26. The van der Waals surface area contributed by atoms with Crippen molar-refractivity contribution < 1.29 is 8.42 Å². The fourth-order valence-corrected chi connectivity index (χ4v) is 5.35. The lowest BCUT2D eigenvalue weighted by Crippen LogP contribution is -2.27. The monoisotopic (exact) mass is 363 g/mol. The van der Waals surface area contributed by atoms with Crippen molar-refractivity contribution >= 4 is 32.2 Å². The Balaban J connectivity index is 1.56. The predicted molar refractivity (Wildman–Crippen MR) is 99.3 cm³/mol. The molecule has 128 valence electrons. The molecule has 2 aliphatic rings. The number of nitrogens with one attached hydrogen (secondary N) is 1. The maximum absolute atomic E-state index is 11.8. The fourth-order valence-electron chi connectivity index (χ4n) is 3.59. The number of benzene rings is 1. The number of rotatable bonds is 4. The number of nitrogens with zero attached hydrogens (tertiary/aromatic N) is 2. The molecule has 0 saturated heterocycles. The van der Waals surface area contributed by atoms with E-state index in [0.29, 0.717) is 12.6 Å². The number of aromatic nitrogens is 1. The van der Waals surface area contributed by atoms with Gasteiger partial charge in [0.1, 0.15) is 0 Å². The Hall–Kier alpha value is -1.60.